The Morgan fingerprint density at radius 3 is 2.37 bits per heavy atom. The Bertz CT molecular complexity index is 1160. The van der Waals surface area contributed by atoms with Crippen LogP contribution in [0, 0.1) is 0 Å². The van der Waals surface area contributed by atoms with Gasteiger partial charge < -0.3 is 29.5 Å². The van der Waals surface area contributed by atoms with Crippen molar-refractivity contribution >= 4 is 5.69 Å². The number of methoxy groups -OCH3 is 1. The number of fused-ring (bicyclic) bond motifs is 1. The summed E-state index contributed by atoms with van der Waals surface area (Å²) in [5, 5.41) is 19.9. The number of aliphatic hydroxyl groups excluding tert-OH is 1. The Kier molecular flexibility index (Phi) is 9.91. The molecular weight excluding hydrogens is 476 g/mol. The van der Waals surface area contributed by atoms with Crippen molar-refractivity contribution in [3.63, 3.8) is 0 Å². The molecule has 0 saturated heterocycles. The van der Waals surface area contributed by atoms with Crippen molar-refractivity contribution in [1.82, 2.24) is 4.90 Å². The average molecular weight is 519 g/mol. The van der Waals surface area contributed by atoms with Gasteiger partial charge in [-0.05, 0) is 90.9 Å². The Labute approximate surface area is 227 Å². The highest BCUT2D eigenvalue weighted by Gasteiger charge is 2.25. The third-order valence-electron chi connectivity index (χ3n) is 7.67. The number of aliphatic hydroxyl groups is 1. The molecule has 0 fully saturated rings. The largest absolute Gasteiger partial charge is 0.508 e. The number of aromatic hydroxyl groups is 1. The molecule has 3 aromatic rings. The van der Waals surface area contributed by atoms with Crippen LogP contribution in [-0.2, 0) is 19.4 Å². The van der Waals surface area contributed by atoms with E-state index in [9.17, 15) is 10.2 Å². The van der Waals surface area contributed by atoms with E-state index < -0.39 is 0 Å². The minimum atomic E-state index is 0.0655. The molecule has 3 aromatic carbocycles. The van der Waals surface area contributed by atoms with Crippen molar-refractivity contribution < 1.29 is 19.7 Å². The highest BCUT2D eigenvalue weighted by atomic mass is 16.5. The number of phenols is 1. The number of aryl methyl sites for hydroxylation is 1. The number of ether oxygens (including phenoxy) is 2. The van der Waals surface area contributed by atoms with E-state index in [2.05, 4.69) is 54.0 Å². The van der Waals surface area contributed by atoms with Gasteiger partial charge >= 0.3 is 0 Å². The summed E-state index contributed by atoms with van der Waals surface area (Å²) in [5.41, 5.74) is 6.07. The van der Waals surface area contributed by atoms with Crippen molar-refractivity contribution in [3.05, 3.63) is 82.9 Å². The third-order valence-corrected chi connectivity index (χ3v) is 7.67. The first-order valence-electron chi connectivity index (χ1n) is 13.8. The monoisotopic (exact) mass is 518 g/mol. The Morgan fingerprint density at radius 1 is 0.895 bits per heavy atom. The lowest BCUT2D eigenvalue weighted by molar-refractivity contribution is 0.223. The lowest BCUT2D eigenvalue weighted by atomic mass is 9.79. The van der Waals surface area contributed by atoms with Crippen LogP contribution in [0.25, 0.3) is 0 Å². The van der Waals surface area contributed by atoms with E-state index >= 15 is 0 Å². The van der Waals surface area contributed by atoms with Crippen LogP contribution in [0.5, 0.6) is 17.2 Å². The number of phenolic OH excluding ortho intramolecular Hbond substituents is 1. The molecule has 0 aromatic heterocycles. The summed E-state index contributed by atoms with van der Waals surface area (Å²) in [7, 11) is 1.69. The quantitative estimate of drug-likeness (QED) is 0.316. The first-order valence-corrected chi connectivity index (χ1v) is 13.8. The lowest BCUT2D eigenvalue weighted by Crippen LogP contribution is -2.28. The molecule has 0 heterocycles. The number of hydrogen-bond acceptors (Lipinski definition) is 6. The van der Waals surface area contributed by atoms with Gasteiger partial charge in [-0.1, -0.05) is 38.1 Å². The van der Waals surface area contributed by atoms with Crippen molar-refractivity contribution in [2.75, 3.05) is 51.4 Å². The second-order valence-corrected chi connectivity index (χ2v) is 9.98. The van der Waals surface area contributed by atoms with Gasteiger partial charge in [-0.2, -0.15) is 0 Å². The van der Waals surface area contributed by atoms with Gasteiger partial charge in [0.05, 0.1) is 13.7 Å². The van der Waals surface area contributed by atoms with E-state index in [1.165, 1.54) is 16.7 Å². The van der Waals surface area contributed by atoms with E-state index in [1.807, 2.05) is 24.3 Å². The number of anilines is 1. The van der Waals surface area contributed by atoms with E-state index in [0.717, 1.165) is 61.6 Å². The highest BCUT2D eigenvalue weighted by molar-refractivity contribution is 5.60. The fourth-order valence-electron chi connectivity index (χ4n) is 5.43. The Hall–Kier alpha value is -3.22. The van der Waals surface area contributed by atoms with Gasteiger partial charge in [0, 0.05) is 31.4 Å². The molecule has 0 amide bonds. The van der Waals surface area contributed by atoms with Gasteiger partial charge in [-0.25, -0.2) is 0 Å². The summed E-state index contributed by atoms with van der Waals surface area (Å²) in [5.74, 6) is 2.38. The normalized spacial score (nSPS) is 14.8. The molecule has 204 valence electrons. The number of benzene rings is 3. The molecule has 38 heavy (non-hydrogen) atoms. The molecule has 1 aliphatic carbocycles. The van der Waals surface area contributed by atoms with E-state index in [1.54, 1.807) is 13.2 Å². The molecule has 1 atom stereocenters. The number of nitrogens with zero attached hydrogens (tertiary/aromatic N) is 2. The van der Waals surface area contributed by atoms with Crippen LogP contribution in [0.1, 0.15) is 48.4 Å². The zero-order chi connectivity index (χ0) is 26.9. The predicted molar refractivity (Wildman–Crippen MR) is 154 cm³/mol. The smallest absolute Gasteiger partial charge is 0.120 e. The van der Waals surface area contributed by atoms with Crippen LogP contribution in [0.4, 0.5) is 5.69 Å². The summed E-state index contributed by atoms with van der Waals surface area (Å²) in [6, 6.07) is 20.3. The number of likely N-dealkylation sites (N-methyl/N-ethyl adjacent to an activating group) is 1. The van der Waals surface area contributed by atoms with Crippen molar-refractivity contribution in [2.45, 2.75) is 45.6 Å². The molecule has 2 N–H and O–H groups in total. The third kappa shape index (κ3) is 7.00. The Morgan fingerprint density at radius 2 is 1.66 bits per heavy atom. The minimum Gasteiger partial charge on any atom is -0.508 e. The molecule has 0 aliphatic heterocycles. The standard InChI is InChI=1S/C32H42N2O4/c1-4-33(5-2)17-19-38-29-12-6-24(7-13-29)23-34(16-18-35)32-22-30(37-3)14-15-31(32)27-9-8-26-21-28(36)11-10-25(26)20-27/h6-7,10-15,21-22,27,35-36H,4-5,8-9,16-20,23H2,1-3H3. The molecule has 0 spiro atoms. The zero-order valence-corrected chi connectivity index (χ0v) is 23.0. The van der Waals surface area contributed by atoms with Crippen LogP contribution in [0.2, 0.25) is 0 Å². The summed E-state index contributed by atoms with van der Waals surface area (Å²) in [4.78, 5) is 4.60. The molecule has 0 bridgehead atoms. The molecular formula is C32H42N2O4. The van der Waals surface area contributed by atoms with Gasteiger partial charge in [0.15, 0.2) is 0 Å². The lowest BCUT2D eigenvalue weighted by Gasteiger charge is -2.32. The topological polar surface area (TPSA) is 65.4 Å². The maximum Gasteiger partial charge on any atom is 0.120 e. The zero-order valence-electron chi connectivity index (χ0n) is 23.0. The molecule has 4 rings (SSSR count). The second-order valence-electron chi connectivity index (χ2n) is 9.98. The second kappa shape index (κ2) is 13.5. The Balaban J connectivity index is 1.52. The minimum absolute atomic E-state index is 0.0655. The fourth-order valence-corrected chi connectivity index (χ4v) is 5.43. The van der Waals surface area contributed by atoms with E-state index in [0.29, 0.717) is 31.4 Å². The first kappa shape index (κ1) is 27.8. The van der Waals surface area contributed by atoms with Crippen LogP contribution >= 0.6 is 0 Å². The maximum atomic E-state index is 9.97. The summed E-state index contributed by atoms with van der Waals surface area (Å²) in [6.45, 7) is 9.27. The van der Waals surface area contributed by atoms with Gasteiger partial charge in [0.1, 0.15) is 23.9 Å². The van der Waals surface area contributed by atoms with Crippen LogP contribution in [0.3, 0.4) is 0 Å². The van der Waals surface area contributed by atoms with Gasteiger partial charge in [-0.15, -0.1) is 0 Å². The first-order chi connectivity index (χ1) is 18.5. The van der Waals surface area contributed by atoms with Gasteiger partial charge in [-0.3, -0.25) is 0 Å². The highest BCUT2D eigenvalue weighted by Crippen LogP contribution is 2.40. The fraction of sp³-hybridized carbons (Fsp3) is 0.438. The van der Waals surface area contributed by atoms with Crippen molar-refractivity contribution in [3.8, 4) is 17.2 Å². The number of hydrogen-bond donors (Lipinski definition) is 2. The van der Waals surface area contributed by atoms with Crippen molar-refractivity contribution in [1.29, 1.82) is 0 Å². The molecule has 6 heteroatoms. The van der Waals surface area contributed by atoms with Gasteiger partial charge in [0.25, 0.3) is 0 Å². The van der Waals surface area contributed by atoms with E-state index in [-0.39, 0.29) is 6.61 Å². The molecule has 1 aliphatic rings. The number of rotatable bonds is 13. The molecule has 0 saturated carbocycles. The van der Waals surface area contributed by atoms with Crippen LogP contribution in [0.15, 0.2) is 60.7 Å². The summed E-state index contributed by atoms with van der Waals surface area (Å²) < 4.78 is 11.6. The average Bonchev–Trinajstić information content (AvgIpc) is 2.95. The van der Waals surface area contributed by atoms with E-state index in [4.69, 9.17) is 9.47 Å². The van der Waals surface area contributed by atoms with Crippen molar-refractivity contribution in [2.24, 2.45) is 0 Å². The molecule has 1 unspecified atom stereocenters. The summed E-state index contributed by atoms with van der Waals surface area (Å²) >= 11 is 0. The maximum absolute atomic E-state index is 9.97. The van der Waals surface area contributed by atoms with Gasteiger partial charge in [0.2, 0.25) is 0 Å². The SMILES string of the molecule is CCN(CC)CCOc1ccc(CN(CCO)c2cc(OC)ccc2C2CCc3cc(O)ccc3C2)cc1. The molecule has 6 nitrogen and oxygen atoms in total. The van der Waals surface area contributed by atoms with Crippen LogP contribution in [-0.4, -0.2) is 61.6 Å². The summed E-state index contributed by atoms with van der Waals surface area (Å²) in [6.07, 6.45) is 2.89. The van der Waals surface area contributed by atoms with Crippen LogP contribution < -0.4 is 14.4 Å². The molecule has 0 radical (unpaired) electrons. The predicted octanol–water partition coefficient (Wildman–Crippen LogP) is 5.39.